The molecule has 28 heavy (non-hydrogen) atoms. The first-order valence-corrected chi connectivity index (χ1v) is 9.06. The summed E-state index contributed by atoms with van der Waals surface area (Å²) in [6.07, 6.45) is -1.32. The fourth-order valence-corrected chi connectivity index (χ4v) is 3.48. The highest BCUT2D eigenvalue weighted by molar-refractivity contribution is 6.31. The molecule has 0 radical (unpaired) electrons. The lowest BCUT2D eigenvalue weighted by molar-refractivity contribution is -0.490. The lowest BCUT2D eigenvalue weighted by atomic mass is 9.88. The molecule has 1 aliphatic rings. The molecule has 152 valence electrons. The van der Waals surface area contributed by atoms with Crippen LogP contribution in [0.15, 0.2) is 18.2 Å². The molecule has 1 aromatic rings. The maximum Gasteiger partial charge on any atom is 0.307 e. The van der Waals surface area contributed by atoms with Crippen LogP contribution in [-0.2, 0) is 19.1 Å². The Hall–Kier alpha value is -2.55. The lowest BCUT2D eigenvalue weighted by Crippen LogP contribution is -2.32. The van der Waals surface area contributed by atoms with Crippen LogP contribution in [0.4, 0.5) is 10.1 Å². The maximum absolute atomic E-state index is 13.1. The summed E-state index contributed by atoms with van der Waals surface area (Å²) in [6.45, 7) is 2.68. The first kappa shape index (κ1) is 21.7. The number of hydrogen-bond donors (Lipinski definition) is 1. The first-order chi connectivity index (χ1) is 13.1. The molecule has 2 rings (SSSR count). The second-order valence-corrected chi connectivity index (χ2v) is 7.29. The van der Waals surface area contributed by atoms with Crippen molar-refractivity contribution in [3.05, 3.63) is 39.2 Å². The van der Waals surface area contributed by atoms with Crippen LogP contribution in [0, 0.1) is 33.7 Å². The number of halogens is 2. The molecular formula is C18H20ClFN2O6. The average Bonchev–Trinajstić information content (AvgIpc) is 2.84. The standard InChI is InChI=1S/C18H20ClFN2O6/c1-9-5-16(23)12(13(9)8-22(26)27)7-17(24)28-10(2)18(25)21-11-3-4-15(20)14(19)6-11/h3-4,6,9-10,12-13H,5,7-8H2,1-2H3,(H,21,25)/t9-,10-,12+,13+/m0/s1. The van der Waals surface area contributed by atoms with E-state index in [1.54, 1.807) is 6.92 Å². The number of carbonyl (C=O) groups is 3. The summed E-state index contributed by atoms with van der Waals surface area (Å²) in [7, 11) is 0. The molecule has 0 bridgehead atoms. The van der Waals surface area contributed by atoms with Crippen LogP contribution in [0.1, 0.15) is 26.7 Å². The Morgan fingerprint density at radius 2 is 2.14 bits per heavy atom. The van der Waals surface area contributed by atoms with Crippen molar-refractivity contribution < 1.29 is 28.4 Å². The number of nitro groups is 1. The lowest BCUT2D eigenvalue weighted by Gasteiger charge is -2.18. The Balaban J connectivity index is 1.93. The smallest absolute Gasteiger partial charge is 0.307 e. The highest BCUT2D eigenvalue weighted by Gasteiger charge is 2.44. The molecule has 10 heteroatoms. The Morgan fingerprint density at radius 3 is 2.75 bits per heavy atom. The molecule has 8 nitrogen and oxygen atoms in total. The van der Waals surface area contributed by atoms with Crippen molar-refractivity contribution in [2.75, 3.05) is 11.9 Å². The number of anilines is 1. The molecule has 1 N–H and O–H groups in total. The number of carbonyl (C=O) groups excluding carboxylic acids is 3. The van der Waals surface area contributed by atoms with Gasteiger partial charge in [0, 0.05) is 28.9 Å². The third-order valence-corrected chi connectivity index (χ3v) is 5.09. The zero-order chi connectivity index (χ0) is 21.0. The molecule has 1 aliphatic carbocycles. The number of amides is 1. The molecule has 0 unspecified atom stereocenters. The predicted molar refractivity (Wildman–Crippen MR) is 97.8 cm³/mol. The summed E-state index contributed by atoms with van der Waals surface area (Å²) in [5, 5.41) is 13.1. The van der Waals surface area contributed by atoms with Crippen LogP contribution < -0.4 is 5.32 Å². The van der Waals surface area contributed by atoms with Crippen molar-refractivity contribution in [2.24, 2.45) is 17.8 Å². The number of nitrogens with zero attached hydrogens (tertiary/aromatic N) is 1. The highest BCUT2D eigenvalue weighted by Crippen LogP contribution is 2.36. The van der Waals surface area contributed by atoms with Gasteiger partial charge in [-0.2, -0.15) is 0 Å². The van der Waals surface area contributed by atoms with Gasteiger partial charge in [-0.3, -0.25) is 24.5 Å². The van der Waals surface area contributed by atoms with Crippen molar-refractivity contribution in [2.45, 2.75) is 32.8 Å². The third kappa shape index (κ3) is 5.48. The minimum absolute atomic E-state index is 0.173. The van der Waals surface area contributed by atoms with Gasteiger partial charge in [-0.25, -0.2) is 4.39 Å². The van der Waals surface area contributed by atoms with E-state index in [9.17, 15) is 28.9 Å². The Morgan fingerprint density at radius 1 is 1.46 bits per heavy atom. The molecule has 1 fully saturated rings. The van der Waals surface area contributed by atoms with Gasteiger partial charge in [0.25, 0.3) is 5.91 Å². The van der Waals surface area contributed by atoms with Gasteiger partial charge >= 0.3 is 5.97 Å². The van der Waals surface area contributed by atoms with Gasteiger partial charge in [0.2, 0.25) is 6.54 Å². The van der Waals surface area contributed by atoms with Gasteiger partial charge in [0.05, 0.1) is 11.4 Å². The molecule has 0 heterocycles. The number of hydrogen-bond acceptors (Lipinski definition) is 6. The monoisotopic (exact) mass is 414 g/mol. The quantitative estimate of drug-likeness (QED) is 0.416. The summed E-state index contributed by atoms with van der Waals surface area (Å²) in [6, 6.07) is 3.59. The van der Waals surface area contributed by atoms with Crippen molar-refractivity contribution in [1.29, 1.82) is 0 Å². The minimum atomic E-state index is -1.18. The fraction of sp³-hybridized carbons (Fsp3) is 0.500. The van der Waals surface area contributed by atoms with E-state index >= 15 is 0 Å². The Labute approximate surface area is 165 Å². The number of benzene rings is 1. The number of ketones is 1. The molecule has 0 aliphatic heterocycles. The van der Waals surface area contributed by atoms with Crippen molar-refractivity contribution in [1.82, 2.24) is 0 Å². The van der Waals surface area contributed by atoms with E-state index in [1.807, 2.05) is 0 Å². The van der Waals surface area contributed by atoms with E-state index in [0.29, 0.717) is 0 Å². The maximum atomic E-state index is 13.1. The van der Waals surface area contributed by atoms with E-state index in [-0.39, 0.29) is 35.3 Å². The molecule has 0 spiro atoms. The Bertz CT molecular complexity index is 802. The van der Waals surface area contributed by atoms with E-state index in [0.717, 1.165) is 6.07 Å². The number of ether oxygens (including phenoxy) is 1. The van der Waals surface area contributed by atoms with E-state index in [4.69, 9.17) is 16.3 Å². The molecular weight excluding hydrogens is 395 g/mol. The second-order valence-electron chi connectivity index (χ2n) is 6.89. The number of Topliss-reactive ketones (excluding diaryl/α,β-unsaturated/α-hetero) is 1. The van der Waals surface area contributed by atoms with Crippen LogP contribution in [0.2, 0.25) is 5.02 Å². The molecule has 4 atom stereocenters. The van der Waals surface area contributed by atoms with E-state index < -0.39 is 47.1 Å². The van der Waals surface area contributed by atoms with Crippen LogP contribution >= 0.6 is 11.6 Å². The number of nitrogens with one attached hydrogen (secondary N) is 1. The molecule has 1 aromatic carbocycles. The van der Waals surface area contributed by atoms with Crippen LogP contribution in [0.3, 0.4) is 0 Å². The van der Waals surface area contributed by atoms with Crippen LogP contribution in [0.25, 0.3) is 0 Å². The number of rotatable bonds is 7. The molecule has 1 saturated carbocycles. The molecule has 1 amide bonds. The first-order valence-electron chi connectivity index (χ1n) is 8.68. The zero-order valence-electron chi connectivity index (χ0n) is 15.3. The van der Waals surface area contributed by atoms with Crippen molar-refractivity contribution in [3.8, 4) is 0 Å². The minimum Gasteiger partial charge on any atom is -0.453 e. The normalized spacial score (nSPS) is 22.6. The summed E-state index contributed by atoms with van der Waals surface area (Å²) >= 11 is 5.64. The topological polar surface area (TPSA) is 116 Å². The SMILES string of the molecule is C[C@H](OC(=O)C[C@H]1C(=O)C[C@H](C)[C@H]1C[N+](=O)[O-])C(=O)Nc1ccc(F)c(Cl)c1. The van der Waals surface area contributed by atoms with Crippen molar-refractivity contribution in [3.63, 3.8) is 0 Å². The molecule has 0 aromatic heterocycles. The largest absolute Gasteiger partial charge is 0.453 e. The predicted octanol–water partition coefficient (Wildman–Crippen LogP) is 2.86. The fourth-order valence-electron chi connectivity index (χ4n) is 3.30. The Kier molecular flexibility index (Phi) is 7.06. The highest BCUT2D eigenvalue weighted by atomic mass is 35.5. The van der Waals surface area contributed by atoms with Crippen LogP contribution in [-0.4, -0.2) is 35.2 Å². The molecule has 0 saturated heterocycles. The number of esters is 1. The summed E-state index contributed by atoms with van der Waals surface area (Å²) < 4.78 is 18.2. The summed E-state index contributed by atoms with van der Waals surface area (Å²) in [5.74, 6) is -3.84. The summed E-state index contributed by atoms with van der Waals surface area (Å²) in [5.41, 5.74) is 0.227. The summed E-state index contributed by atoms with van der Waals surface area (Å²) in [4.78, 5) is 46.7. The van der Waals surface area contributed by atoms with Gasteiger partial charge in [0.1, 0.15) is 11.6 Å². The van der Waals surface area contributed by atoms with E-state index in [2.05, 4.69) is 5.32 Å². The van der Waals surface area contributed by atoms with E-state index in [1.165, 1.54) is 19.1 Å². The van der Waals surface area contributed by atoms with Gasteiger partial charge in [-0.05, 0) is 31.0 Å². The van der Waals surface area contributed by atoms with Crippen LogP contribution in [0.5, 0.6) is 0 Å². The zero-order valence-corrected chi connectivity index (χ0v) is 16.1. The van der Waals surface area contributed by atoms with Gasteiger partial charge in [-0.1, -0.05) is 18.5 Å². The van der Waals surface area contributed by atoms with Gasteiger partial charge in [0.15, 0.2) is 6.10 Å². The van der Waals surface area contributed by atoms with Gasteiger partial charge in [-0.15, -0.1) is 0 Å². The van der Waals surface area contributed by atoms with Gasteiger partial charge < -0.3 is 10.1 Å². The average molecular weight is 415 g/mol. The second kappa shape index (κ2) is 9.09. The van der Waals surface area contributed by atoms with Crippen molar-refractivity contribution >= 4 is 34.9 Å². The third-order valence-electron chi connectivity index (χ3n) is 4.80.